The minimum absolute atomic E-state index is 2.87. The number of carboxylic acid groups (broad SMARTS) is 1. The van der Waals surface area contributed by atoms with Crippen LogP contribution in [0.25, 0.3) is 0 Å². The van der Waals surface area contributed by atoms with E-state index in [9.17, 15) is 30.0 Å². The fraction of sp³-hybridized carbons (Fsp3) is 0.500. The van der Waals surface area contributed by atoms with E-state index in [0.717, 1.165) is 0 Å². The molecule has 17 heavy (non-hydrogen) atoms. The molecule has 0 saturated heterocycles. The van der Waals surface area contributed by atoms with Gasteiger partial charge in [-0.2, -0.15) is 29.4 Å². The SMILES string of the molecule is O=C(O)C(OS(=O)(=O)O)(S(=O)(=O)O)S(=O)(=O)O. The van der Waals surface area contributed by atoms with Crippen LogP contribution < -0.4 is 0 Å². The summed E-state index contributed by atoms with van der Waals surface area (Å²) in [5.74, 6) is -3.11. The van der Waals surface area contributed by atoms with Gasteiger partial charge in [-0.3, -0.25) is 13.7 Å². The molecule has 0 aromatic heterocycles. The molecule has 0 aromatic carbocycles. The maximum atomic E-state index is 10.6. The fourth-order valence-electron chi connectivity index (χ4n) is 0.614. The quantitative estimate of drug-likeness (QED) is 0.382. The number of carboxylic acids is 1. The summed E-state index contributed by atoms with van der Waals surface area (Å²) in [6.07, 6.45) is 0. The van der Waals surface area contributed by atoms with Gasteiger partial charge in [-0.25, -0.2) is 4.79 Å². The van der Waals surface area contributed by atoms with Crippen molar-refractivity contribution in [3.05, 3.63) is 0 Å². The van der Waals surface area contributed by atoms with Gasteiger partial charge in [0.2, 0.25) is 0 Å². The van der Waals surface area contributed by atoms with Crippen molar-refractivity contribution in [3.8, 4) is 0 Å². The van der Waals surface area contributed by atoms with Crippen LogP contribution in [0.5, 0.6) is 0 Å². The molecular formula is C2H4O12S3. The van der Waals surface area contributed by atoms with E-state index in [1.54, 1.807) is 0 Å². The van der Waals surface area contributed by atoms with Gasteiger partial charge >= 0.3 is 40.9 Å². The van der Waals surface area contributed by atoms with Crippen LogP contribution in [0.3, 0.4) is 0 Å². The van der Waals surface area contributed by atoms with Crippen LogP contribution in [0.1, 0.15) is 0 Å². The van der Waals surface area contributed by atoms with Gasteiger partial charge in [0, 0.05) is 0 Å². The molecule has 0 rings (SSSR count). The molecule has 0 fully saturated rings. The lowest BCUT2D eigenvalue weighted by atomic mass is 10.7. The van der Waals surface area contributed by atoms with E-state index in [1.165, 1.54) is 0 Å². The third kappa shape index (κ3) is 3.09. The monoisotopic (exact) mass is 316 g/mol. The summed E-state index contributed by atoms with van der Waals surface area (Å²) in [5.41, 5.74) is 0. The van der Waals surface area contributed by atoms with Crippen molar-refractivity contribution in [2.24, 2.45) is 0 Å². The predicted molar refractivity (Wildman–Crippen MR) is 46.1 cm³/mol. The number of hydrogen-bond acceptors (Lipinski definition) is 8. The molecule has 0 aliphatic carbocycles. The molecule has 15 heteroatoms. The average Bonchev–Trinajstić information content (AvgIpc) is 1.92. The first-order valence-corrected chi connectivity index (χ1v) is 7.25. The number of aliphatic carboxylic acids is 1. The van der Waals surface area contributed by atoms with Crippen LogP contribution in [0.2, 0.25) is 0 Å². The molecule has 102 valence electrons. The smallest absolute Gasteiger partial charge is 0.433 e. The molecule has 0 radical (unpaired) electrons. The Hall–Kier alpha value is -0.840. The maximum absolute atomic E-state index is 10.6. The summed E-state index contributed by atoms with van der Waals surface area (Å²) < 4.78 is 85.2. The Bertz CT molecular complexity index is 583. The zero-order chi connectivity index (χ0) is 14.3. The first kappa shape index (κ1) is 16.2. The van der Waals surface area contributed by atoms with Crippen LogP contribution in [-0.2, 0) is 39.6 Å². The highest BCUT2D eigenvalue weighted by molar-refractivity contribution is 8.06. The minimum Gasteiger partial charge on any atom is -0.477 e. The Morgan fingerprint density at radius 2 is 1.18 bits per heavy atom. The first-order chi connectivity index (χ1) is 7.15. The van der Waals surface area contributed by atoms with E-state index in [-0.39, 0.29) is 0 Å². The molecule has 0 amide bonds. The lowest BCUT2D eigenvalue weighted by molar-refractivity contribution is -0.144. The van der Waals surface area contributed by atoms with Crippen LogP contribution in [-0.4, -0.2) is 54.3 Å². The van der Waals surface area contributed by atoms with E-state index in [4.69, 9.17) is 18.8 Å². The van der Waals surface area contributed by atoms with Gasteiger partial charge in [0.15, 0.2) is 0 Å². The largest absolute Gasteiger partial charge is 0.477 e. The molecule has 0 saturated carbocycles. The van der Waals surface area contributed by atoms with Crippen molar-refractivity contribution in [2.75, 3.05) is 0 Å². The van der Waals surface area contributed by atoms with Gasteiger partial charge in [-0.15, -0.1) is 0 Å². The van der Waals surface area contributed by atoms with Gasteiger partial charge in [0.25, 0.3) is 0 Å². The Balaban J connectivity index is 6.50. The van der Waals surface area contributed by atoms with Crippen LogP contribution in [0, 0.1) is 0 Å². The molecule has 0 aliphatic heterocycles. The molecule has 4 N–H and O–H groups in total. The predicted octanol–water partition coefficient (Wildman–Crippen LogP) is -2.68. The van der Waals surface area contributed by atoms with Crippen molar-refractivity contribution >= 4 is 36.6 Å². The second-order valence-electron chi connectivity index (χ2n) is 2.32. The van der Waals surface area contributed by atoms with Gasteiger partial charge in [0.1, 0.15) is 0 Å². The molecule has 0 aliphatic rings. The van der Waals surface area contributed by atoms with Gasteiger partial charge in [0.05, 0.1) is 0 Å². The highest BCUT2D eigenvalue weighted by atomic mass is 32.3. The van der Waals surface area contributed by atoms with Crippen molar-refractivity contribution < 1.29 is 53.0 Å². The number of carbonyl (C=O) groups is 1. The van der Waals surface area contributed by atoms with Gasteiger partial charge in [-0.05, 0) is 0 Å². The second kappa shape index (κ2) is 4.12. The van der Waals surface area contributed by atoms with Gasteiger partial charge in [-0.1, -0.05) is 0 Å². The lowest BCUT2D eigenvalue weighted by Gasteiger charge is -2.20. The second-order valence-corrected chi connectivity index (χ2v) is 6.65. The topological polar surface area (TPSA) is 210 Å². The number of hydrogen-bond donors (Lipinski definition) is 4. The summed E-state index contributed by atoms with van der Waals surface area (Å²) in [5, 5.41) is 8.28. The average molecular weight is 316 g/mol. The zero-order valence-electron chi connectivity index (χ0n) is 7.28. The highest BCUT2D eigenvalue weighted by Gasteiger charge is 2.67. The molecule has 0 spiro atoms. The molecular weight excluding hydrogens is 312 g/mol. The van der Waals surface area contributed by atoms with Crippen LogP contribution in [0.15, 0.2) is 0 Å². The third-order valence-corrected chi connectivity index (χ3v) is 4.97. The molecule has 0 atom stereocenters. The van der Waals surface area contributed by atoms with Crippen LogP contribution in [0.4, 0.5) is 0 Å². The Labute approximate surface area is 94.3 Å². The van der Waals surface area contributed by atoms with Crippen molar-refractivity contribution in [1.82, 2.24) is 0 Å². The Morgan fingerprint density at radius 3 is 1.24 bits per heavy atom. The Kier molecular flexibility index (Phi) is 3.92. The molecule has 0 aromatic rings. The standard InChI is InChI=1S/C2H4O12S3/c3-1(4)2(15(5,6)7,16(8,9)10)14-17(11,12)13/h(H,3,4)(H,5,6,7)(H,8,9,10)(H,11,12,13). The van der Waals surface area contributed by atoms with E-state index in [1.807, 2.05) is 0 Å². The summed E-state index contributed by atoms with van der Waals surface area (Å²) in [4.78, 5) is 10.4. The van der Waals surface area contributed by atoms with Crippen molar-refractivity contribution in [3.63, 3.8) is 0 Å². The molecule has 0 heterocycles. The van der Waals surface area contributed by atoms with E-state index >= 15 is 0 Å². The maximum Gasteiger partial charge on any atom is 0.433 e. The zero-order valence-corrected chi connectivity index (χ0v) is 9.73. The lowest BCUT2D eigenvalue weighted by Crippen LogP contribution is -2.55. The van der Waals surface area contributed by atoms with E-state index in [0.29, 0.717) is 0 Å². The molecule has 0 bridgehead atoms. The number of rotatable bonds is 5. The molecule has 0 unspecified atom stereocenters. The first-order valence-electron chi connectivity index (χ1n) is 3.00. The summed E-state index contributed by atoms with van der Waals surface area (Å²) in [6.45, 7) is 0. The Morgan fingerprint density at radius 1 is 0.882 bits per heavy atom. The third-order valence-electron chi connectivity index (χ3n) is 1.16. The van der Waals surface area contributed by atoms with E-state index < -0.39 is 40.9 Å². The summed E-state index contributed by atoms with van der Waals surface area (Å²) in [7, 11) is -18.6. The fourth-order valence-corrected chi connectivity index (χ4v) is 3.67. The minimum atomic E-state index is -6.32. The normalized spacial score (nSPS) is 14.5. The van der Waals surface area contributed by atoms with E-state index in [2.05, 4.69) is 4.18 Å². The summed E-state index contributed by atoms with van der Waals surface area (Å²) in [6, 6.07) is 0. The van der Waals surface area contributed by atoms with Crippen molar-refractivity contribution in [1.29, 1.82) is 0 Å². The highest BCUT2D eigenvalue weighted by Crippen LogP contribution is 2.27. The van der Waals surface area contributed by atoms with Crippen LogP contribution >= 0.6 is 0 Å². The van der Waals surface area contributed by atoms with Crippen molar-refractivity contribution in [2.45, 2.75) is 4.27 Å². The summed E-state index contributed by atoms with van der Waals surface area (Å²) >= 11 is 0. The molecule has 12 nitrogen and oxygen atoms in total. The van der Waals surface area contributed by atoms with Gasteiger partial charge < -0.3 is 5.11 Å².